The number of rotatable bonds is 4. The highest BCUT2D eigenvalue weighted by molar-refractivity contribution is 9.10. The third-order valence-corrected chi connectivity index (χ3v) is 5.25. The lowest BCUT2D eigenvalue weighted by atomic mass is 9.94. The maximum absolute atomic E-state index is 13.7. The minimum absolute atomic E-state index is 0.175. The molecular formula is C16H24BrFN2. The molecule has 2 rings (SSSR count). The van der Waals surface area contributed by atoms with Crippen molar-refractivity contribution in [1.29, 1.82) is 0 Å². The van der Waals surface area contributed by atoms with E-state index in [4.69, 9.17) is 0 Å². The average Bonchev–Trinajstić information content (AvgIpc) is 2.43. The lowest BCUT2D eigenvalue weighted by molar-refractivity contribution is 0.0882. The second-order valence-corrected chi connectivity index (χ2v) is 6.70. The Hall–Kier alpha value is -0.450. The first-order chi connectivity index (χ1) is 9.52. The molecule has 1 fully saturated rings. The standard InChI is InChI=1S/C16H24BrFN2/c1-4-11(2)15-8-19-12(3)9-20(15)10-13-6-5-7-14(18)16(13)17/h5-7,11-12,15,19H,4,8-10H2,1-3H3. The Kier molecular flexibility index (Phi) is 5.58. The monoisotopic (exact) mass is 342 g/mol. The van der Waals surface area contributed by atoms with Crippen molar-refractivity contribution in [1.82, 2.24) is 10.2 Å². The van der Waals surface area contributed by atoms with E-state index in [0.29, 0.717) is 22.5 Å². The first-order valence-electron chi connectivity index (χ1n) is 7.43. The fourth-order valence-electron chi connectivity index (χ4n) is 2.91. The van der Waals surface area contributed by atoms with E-state index >= 15 is 0 Å². The lowest BCUT2D eigenvalue weighted by Gasteiger charge is -2.42. The van der Waals surface area contributed by atoms with E-state index in [1.54, 1.807) is 6.07 Å². The molecule has 1 aromatic rings. The molecule has 0 spiro atoms. The quantitative estimate of drug-likeness (QED) is 0.895. The second-order valence-electron chi connectivity index (χ2n) is 5.90. The van der Waals surface area contributed by atoms with E-state index < -0.39 is 0 Å². The van der Waals surface area contributed by atoms with E-state index in [1.165, 1.54) is 12.5 Å². The van der Waals surface area contributed by atoms with Gasteiger partial charge >= 0.3 is 0 Å². The fourth-order valence-corrected chi connectivity index (χ4v) is 3.30. The van der Waals surface area contributed by atoms with E-state index in [-0.39, 0.29) is 5.82 Å². The van der Waals surface area contributed by atoms with Gasteiger partial charge in [0.15, 0.2) is 0 Å². The molecule has 3 atom stereocenters. The van der Waals surface area contributed by atoms with Gasteiger partial charge in [0.2, 0.25) is 0 Å². The van der Waals surface area contributed by atoms with Crippen LogP contribution in [-0.2, 0) is 6.54 Å². The van der Waals surface area contributed by atoms with Crippen molar-refractivity contribution in [3.63, 3.8) is 0 Å². The number of hydrogen-bond donors (Lipinski definition) is 1. The van der Waals surface area contributed by atoms with Gasteiger partial charge in [-0.25, -0.2) is 4.39 Å². The van der Waals surface area contributed by atoms with E-state index in [9.17, 15) is 4.39 Å². The van der Waals surface area contributed by atoms with Gasteiger partial charge in [-0.15, -0.1) is 0 Å². The number of halogens is 2. The third kappa shape index (κ3) is 3.60. The Bertz CT molecular complexity index is 452. The number of hydrogen-bond acceptors (Lipinski definition) is 2. The van der Waals surface area contributed by atoms with Crippen molar-refractivity contribution in [2.45, 2.75) is 45.8 Å². The largest absolute Gasteiger partial charge is 0.311 e. The summed E-state index contributed by atoms with van der Waals surface area (Å²) in [4.78, 5) is 2.49. The number of nitrogens with zero attached hydrogens (tertiary/aromatic N) is 1. The minimum atomic E-state index is -0.175. The maximum atomic E-state index is 13.7. The van der Waals surface area contributed by atoms with Gasteiger partial charge < -0.3 is 5.32 Å². The zero-order valence-electron chi connectivity index (χ0n) is 12.5. The Balaban J connectivity index is 2.16. The van der Waals surface area contributed by atoms with Crippen LogP contribution in [0.3, 0.4) is 0 Å². The normalized spacial score (nSPS) is 25.6. The van der Waals surface area contributed by atoms with Gasteiger partial charge in [-0.3, -0.25) is 4.90 Å². The Morgan fingerprint density at radius 1 is 1.50 bits per heavy atom. The molecule has 0 aromatic heterocycles. The summed E-state index contributed by atoms with van der Waals surface area (Å²) in [7, 11) is 0. The smallest absolute Gasteiger partial charge is 0.137 e. The van der Waals surface area contributed by atoms with Crippen LogP contribution in [0.1, 0.15) is 32.8 Å². The van der Waals surface area contributed by atoms with Gasteiger partial charge in [-0.05, 0) is 40.4 Å². The predicted octanol–water partition coefficient (Wildman–Crippen LogP) is 3.80. The lowest BCUT2D eigenvalue weighted by Crippen LogP contribution is -2.57. The molecule has 1 N–H and O–H groups in total. The van der Waals surface area contributed by atoms with Crippen molar-refractivity contribution >= 4 is 15.9 Å². The molecule has 0 aliphatic carbocycles. The van der Waals surface area contributed by atoms with E-state index in [1.807, 2.05) is 6.07 Å². The summed E-state index contributed by atoms with van der Waals surface area (Å²) in [6.07, 6.45) is 1.17. The van der Waals surface area contributed by atoms with Crippen LogP contribution in [0.25, 0.3) is 0 Å². The van der Waals surface area contributed by atoms with Crippen molar-refractivity contribution in [2.75, 3.05) is 13.1 Å². The zero-order chi connectivity index (χ0) is 14.7. The van der Waals surface area contributed by atoms with Gasteiger partial charge in [0.05, 0.1) is 4.47 Å². The van der Waals surface area contributed by atoms with Crippen LogP contribution in [0.5, 0.6) is 0 Å². The Labute approximate surface area is 129 Å². The van der Waals surface area contributed by atoms with Crippen molar-refractivity contribution in [3.8, 4) is 0 Å². The first kappa shape index (κ1) is 15.9. The topological polar surface area (TPSA) is 15.3 Å². The van der Waals surface area contributed by atoms with Crippen LogP contribution in [0.4, 0.5) is 4.39 Å². The van der Waals surface area contributed by atoms with Crippen LogP contribution in [-0.4, -0.2) is 30.1 Å². The van der Waals surface area contributed by atoms with Gasteiger partial charge in [0.1, 0.15) is 5.82 Å². The van der Waals surface area contributed by atoms with Crippen LogP contribution in [0.2, 0.25) is 0 Å². The SMILES string of the molecule is CCC(C)C1CNC(C)CN1Cc1cccc(F)c1Br. The molecule has 1 aliphatic rings. The van der Waals surface area contributed by atoms with Crippen molar-refractivity contribution in [2.24, 2.45) is 5.92 Å². The summed E-state index contributed by atoms with van der Waals surface area (Å²) in [6.45, 7) is 9.58. The second kappa shape index (κ2) is 7.01. The van der Waals surface area contributed by atoms with Gasteiger partial charge in [0, 0.05) is 31.7 Å². The number of piperazine rings is 1. The number of benzene rings is 1. The molecule has 1 aliphatic heterocycles. The molecule has 0 bridgehead atoms. The van der Waals surface area contributed by atoms with Gasteiger partial charge in [-0.1, -0.05) is 32.4 Å². The van der Waals surface area contributed by atoms with Crippen molar-refractivity contribution in [3.05, 3.63) is 34.1 Å². The average molecular weight is 343 g/mol. The Morgan fingerprint density at radius 2 is 2.25 bits per heavy atom. The minimum Gasteiger partial charge on any atom is -0.311 e. The highest BCUT2D eigenvalue weighted by Crippen LogP contribution is 2.25. The summed E-state index contributed by atoms with van der Waals surface area (Å²) >= 11 is 3.38. The molecule has 1 aromatic carbocycles. The molecule has 3 unspecified atom stereocenters. The Morgan fingerprint density at radius 3 is 2.95 bits per heavy atom. The molecule has 0 saturated carbocycles. The summed E-state index contributed by atoms with van der Waals surface area (Å²) in [6, 6.07) is 6.31. The summed E-state index contributed by atoms with van der Waals surface area (Å²) in [5, 5.41) is 3.56. The van der Waals surface area contributed by atoms with Crippen LogP contribution in [0.15, 0.2) is 22.7 Å². The van der Waals surface area contributed by atoms with E-state index in [2.05, 4.69) is 46.9 Å². The molecule has 20 heavy (non-hydrogen) atoms. The highest BCUT2D eigenvalue weighted by Gasteiger charge is 2.29. The molecule has 1 heterocycles. The van der Waals surface area contributed by atoms with Gasteiger partial charge in [0.25, 0.3) is 0 Å². The first-order valence-corrected chi connectivity index (χ1v) is 8.22. The van der Waals surface area contributed by atoms with Crippen LogP contribution < -0.4 is 5.32 Å². The van der Waals surface area contributed by atoms with Crippen molar-refractivity contribution < 1.29 is 4.39 Å². The summed E-state index contributed by atoms with van der Waals surface area (Å²) in [5.41, 5.74) is 1.03. The summed E-state index contributed by atoms with van der Waals surface area (Å²) in [5.74, 6) is 0.466. The predicted molar refractivity (Wildman–Crippen MR) is 85.2 cm³/mol. The molecule has 2 nitrogen and oxygen atoms in total. The highest BCUT2D eigenvalue weighted by atomic mass is 79.9. The third-order valence-electron chi connectivity index (χ3n) is 4.36. The van der Waals surface area contributed by atoms with Crippen LogP contribution >= 0.6 is 15.9 Å². The van der Waals surface area contributed by atoms with E-state index in [0.717, 1.165) is 25.2 Å². The molecular weight excluding hydrogens is 319 g/mol. The summed E-state index contributed by atoms with van der Waals surface area (Å²) < 4.78 is 14.3. The molecule has 4 heteroatoms. The van der Waals surface area contributed by atoms with Crippen LogP contribution in [0, 0.1) is 11.7 Å². The van der Waals surface area contributed by atoms with Gasteiger partial charge in [-0.2, -0.15) is 0 Å². The number of nitrogens with one attached hydrogen (secondary N) is 1. The zero-order valence-corrected chi connectivity index (χ0v) is 14.1. The molecule has 0 radical (unpaired) electrons. The maximum Gasteiger partial charge on any atom is 0.137 e. The fraction of sp³-hybridized carbons (Fsp3) is 0.625. The molecule has 112 valence electrons. The molecule has 0 amide bonds. The molecule has 1 saturated heterocycles.